The van der Waals surface area contributed by atoms with Crippen LogP contribution in [-0.4, -0.2) is 28.4 Å². The summed E-state index contributed by atoms with van der Waals surface area (Å²) in [4.78, 5) is 4.22. The molecule has 1 fully saturated rings. The van der Waals surface area contributed by atoms with Crippen molar-refractivity contribution in [2.45, 2.75) is 43.9 Å². The second-order valence-corrected chi connectivity index (χ2v) is 8.09. The van der Waals surface area contributed by atoms with Crippen molar-refractivity contribution >= 4 is 10.0 Å². The molecule has 2 aromatic heterocycles. The average Bonchev–Trinajstić information content (AvgIpc) is 3.00. The van der Waals surface area contributed by atoms with Gasteiger partial charge in [0, 0.05) is 37.7 Å². The topological polar surface area (TPSA) is 76.9 Å². The average molecular weight is 334 g/mol. The van der Waals surface area contributed by atoms with Crippen molar-refractivity contribution in [2.24, 2.45) is 7.05 Å². The molecule has 0 bridgehead atoms. The van der Waals surface area contributed by atoms with Gasteiger partial charge in [-0.3, -0.25) is 9.67 Å². The summed E-state index contributed by atoms with van der Waals surface area (Å²) in [5.41, 5.74) is 2.73. The zero-order valence-electron chi connectivity index (χ0n) is 13.3. The van der Waals surface area contributed by atoms with Gasteiger partial charge in [-0.15, -0.1) is 0 Å². The summed E-state index contributed by atoms with van der Waals surface area (Å²) in [5.74, 6) is 0. The van der Waals surface area contributed by atoms with Crippen molar-refractivity contribution in [2.75, 3.05) is 0 Å². The Morgan fingerprint density at radius 1 is 1.26 bits per heavy atom. The van der Waals surface area contributed by atoms with Crippen molar-refractivity contribution < 1.29 is 8.42 Å². The van der Waals surface area contributed by atoms with Gasteiger partial charge >= 0.3 is 0 Å². The summed E-state index contributed by atoms with van der Waals surface area (Å²) in [6.07, 6.45) is 9.87. The lowest BCUT2D eigenvalue weighted by Crippen LogP contribution is -2.35. The fourth-order valence-electron chi connectivity index (χ4n) is 3.06. The van der Waals surface area contributed by atoms with Gasteiger partial charge in [-0.1, -0.05) is 19.3 Å². The van der Waals surface area contributed by atoms with E-state index in [0.29, 0.717) is 0 Å². The Labute approximate surface area is 137 Å². The molecule has 6 nitrogen and oxygen atoms in total. The quantitative estimate of drug-likeness (QED) is 0.910. The number of nitrogens with one attached hydrogen (secondary N) is 1. The number of pyridine rings is 1. The van der Waals surface area contributed by atoms with E-state index in [2.05, 4.69) is 14.8 Å². The number of hydrogen-bond acceptors (Lipinski definition) is 4. The van der Waals surface area contributed by atoms with E-state index < -0.39 is 10.0 Å². The molecule has 2 heterocycles. The molecule has 2 aromatic rings. The minimum atomic E-state index is -3.25. The van der Waals surface area contributed by atoms with E-state index in [-0.39, 0.29) is 11.8 Å². The third-order valence-corrected chi connectivity index (χ3v) is 6.28. The molecule has 0 saturated heterocycles. The Morgan fingerprint density at radius 2 is 2.04 bits per heavy atom. The van der Waals surface area contributed by atoms with Gasteiger partial charge in [0.05, 0.1) is 10.9 Å². The Morgan fingerprint density at radius 3 is 2.74 bits per heavy atom. The van der Waals surface area contributed by atoms with Gasteiger partial charge < -0.3 is 0 Å². The highest BCUT2D eigenvalue weighted by Crippen LogP contribution is 2.23. The minimum absolute atomic E-state index is 0.246. The summed E-state index contributed by atoms with van der Waals surface area (Å²) in [6.45, 7) is 0.275. The van der Waals surface area contributed by atoms with Crippen molar-refractivity contribution in [1.29, 1.82) is 0 Å². The normalized spacial score (nSPS) is 16.6. The molecule has 0 spiro atoms. The molecule has 0 atom stereocenters. The maximum Gasteiger partial charge on any atom is 0.214 e. The molecule has 7 heteroatoms. The van der Waals surface area contributed by atoms with Crippen molar-refractivity contribution in [3.63, 3.8) is 0 Å². The van der Waals surface area contributed by atoms with Crippen LogP contribution in [0.4, 0.5) is 0 Å². The van der Waals surface area contributed by atoms with E-state index in [1.165, 1.54) is 0 Å². The van der Waals surface area contributed by atoms with Crippen LogP contribution in [0, 0.1) is 0 Å². The summed E-state index contributed by atoms with van der Waals surface area (Å²) >= 11 is 0. The zero-order chi connectivity index (χ0) is 16.3. The third kappa shape index (κ3) is 3.79. The molecule has 1 aliphatic carbocycles. The van der Waals surface area contributed by atoms with E-state index in [9.17, 15) is 8.42 Å². The highest BCUT2D eigenvalue weighted by atomic mass is 32.2. The molecule has 124 valence electrons. The van der Waals surface area contributed by atoms with Crippen LogP contribution < -0.4 is 4.72 Å². The van der Waals surface area contributed by atoms with Crippen LogP contribution in [0.3, 0.4) is 0 Å². The first-order valence-corrected chi connectivity index (χ1v) is 9.52. The van der Waals surface area contributed by atoms with Crippen LogP contribution >= 0.6 is 0 Å². The van der Waals surface area contributed by atoms with Crippen molar-refractivity contribution in [3.8, 4) is 11.3 Å². The highest BCUT2D eigenvalue weighted by molar-refractivity contribution is 7.90. The van der Waals surface area contributed by atoms with Crippen molar-refractivity contribution in [3.05, 3.63) is 36.3 Å². The molecule has 1 N–H and O–H groups in total. The number of sulfonamides is 1. The SMILES string of the molecule is Cn1nccc1-c1cncc(CNS(=O)(=O)C2CCCCC2)c1. The van der Waals surface area contributed by atoms with Gasteiger partial charge in [0.25, 0.3) is 0 Å². The van der Waals surface area contributed by atoms with Crippen LogP contribution in [0.15, 0.2) is 30.7 Å². The highest BCUT2D eigenvalue weighted by Gasteiger charge is 2.26. The summed E-state index contributed by atoms with van der Waals surface area (Å²) in [5, 5.41) is 3.90. The van der Waals surface area contributed by atoms with E-state index in [1.807, 2.05) is 19.2 Å². The number of aryl methyl sites for hydroxylation is 1. The number of aromatic nitrogens is 3. The van der Waals surface area contributed by atoms with Crippen LogP contribution in [-0.2, 0) is 23.6 Å². The predicted molar refractivity (Wildman–Crippen MR) is 89.1 cm³/mol. The third-order valence-electron chi connectivity index (χ3n) is 4.38. The molecule has 1 saturated carbocycles. The molecule has 0 aliphatic heterocycles. The lowest BCUT2D eigenvalue weighted by molar-refractivity contribution is 0.477. The molecule has 0 unspecified atom stereocenters. The van der Waals surface area contributed by atoms with E-state index >= 15 is 0 Å². The van der Waals surface area contributed by atoms with Gasteiger partial charge in [0.1, 0.15) is 0 Å². The molecule has 0 aromatic carbocycles. The second-order valence-electron chi connectivity index (χ2n) is 6.05. The van der Waals surface area contributed by atoms with E-state index in [1.54, 1.807) is 23.3 Å². The number of hydrogen-bond donors (Lipinski definition) is 1. The van der Waals surface area contributed by atoms with E-state index in [0.717, 1.165) is 48.9 Å². The zero-order valence-corrected chi connectivity index (χ0v) is 14.1. The number of nitrogens with zero attached hydrogens (tertiary/aromatic N) is 3. The van der Waals surface area contributed by atoms with Gasteiger partial charge in [0.15, 0.2) is 0 Å². The van der Waals surface area contributed by atoms with Gasteiger partial charge in [-0.05, 0) is 30.5 Å². The standard InChI is InChI=1S/C16H22N4O2S/c1-20-16(7-8-18-20)14-9-13(10-17-12-14)11-19-23(21,22)15-5-3-2-4-6-15/h7-10,12,15,19H,2-6,11H2,1H3. The summed E-state index contributed by atoms with van der Waals surface area (Å²) in [6, 6.07) is 3.86. The summed E-state index contributed by atoms with van der Waals surface area (Å²) in [7, 11) is -1.38. The minimum Gasteiger partial charge on any atom is -0.268 e. The predicted octanol–water partition coefficient (Wildman–Crippen LogP) is 2.23. The smallest absolute Gasteiger partial charge is 0.214 e. The second kappa shape index (κ2) is 6.80. The molecular weight excluding hydrogens is 312 g/mol. The first kappa shape index (κ1) is 16.1. The molecule has 0 amide bonds. The first-order valence-electron chi connectivity index (χ1n) is 7.97. The Bertz CT molecular complexity index is 764. The van der Waals surface area contributed by atoms with Gasteiger partial charge in [0.2, 0.25) is 10.0 Å². The lowest BCUT2D eigenvalue weighted by Gasteiger charge is -2.22. The fourth-order valence-corrected chi connectivity index (χ4v) is 4.62. The number of rotatable bonds is 5. The van der Waals surface area contributed by atoms with Crippen LogP contribution in [0.1, 0.15) is 37.7 Å². The van der Waals surface area contributed by atoms with Crippen molar-refractivity contribution in [1.82, 2.24) is 19.5 Å². The van der Waals surface area contributed by atoms with Crippen LogP contribution in [0.5, 0.6) is 0 Å². The van der Waals surface area contributed by atoms with Crippen LogP contribution in [0.25, 0.3) is 11.3 Å². The summed E-state index contributed by atoms with van der Waals surface area (Å²) < 4.78 is 29.3. The monoisotopic (exact) mass is 334 g/mol. The molecule has 0 radical (unpaired) electrons. The lowest BCUT2D eigenvalue weighted by atomic mass is 10.0. The molecule has 3 rings (SSSR count). The maximum absolute atomic E-state index is 12.4. The largest absolute Gasteiger partial charge is 0.268 e. The van der Waals surface area contributed by atoms with Gasteiger partial charge in [-0.25, -0.2) is 13.1 Å². The molecule has 1 aliphatic rings. The Hall–Kier alpha value is -1.73. The van der Waals surface area contributed by atoms with Gasteiger partial charge in [-0.2, -0.15) is 5.10 Å². The molecular formula is C16H22N4O2S. The maximum atomic E-state index is 12.4. The van der Waals surface area contributed by atoms with E-state index in [4.69, 9.17) is 0 Å². The fraction of sp³-hybridized carbons (Fsp3) is 0.500. The Balaban J connectivity index is 1.70. The Kier molecular flexibility index (Phi) is 4.77. The van der Waals surface area contributed by atoms with Crippen LogP contribution in [0.2, 0.25) is 0 Å². The first-order chi connectivity index (χ1) is 11.1. The molecule has 23 heavy (non-hydrogen) atoms.